The largest absolute Gasteiger partial charge is 0.368 e. The highest BCUT2D eigenvalue weighted by Gasteiger charge is 2.24. The summed E-state index contributed by atoms with van der Waals surface area (Å²) in [4.78, 5) is 26.6. The van der Waals surface area contributed by atoms with Gasteiger partial charge in [-0.05, 0) is 18.9 Å². The molecule has 0 radical (unpaired) electrons. The first-order chi connectivity index (χ1) is 10.8. The summed E-state index contributed by atoms with van der Waals surface area (Å²) < 4.78 is 0. The van der Waals surface area contributed by atoms with E-state index in [0.29, 0.717) is 18.1 Å². The number of benzene rings is 1. The van der Waals surface area contributed by atoms with Crippen LogP contribution in [-0.2, 0) is 4.79 Å². The van der Waals surface area contributed by atoms with Crippen LogP contribution < -0.4 is 4.90 Å². The molecule has 0 bridgehead atoms. The smallest absolute Gasteiger partial charge is 0.271 e. The predicted octanol–water partition coefficient (Wildman–Crippen LogP) is 3.25. The van der Waals surface area contributed by atoms with E-state index in [2.05, 4.69) is 4.90 Å². The van der Waals surface area contributed by atoms with Crippen LogP contribution in [0, 0.1) is 23.0 Å². The molecular weight excluding hydrogens is 318 g/mol. The van der Waals surface area contributed by atoms with Crippen LogP contribution in [0.15, 0.2) is 12.1 Å². The number of amides is 1. The zero-order chi connectivity index (χ0) is 17.1. The lowest BCUT2D eigenvalue weighted by atomic mass is 10.1. The van der Waals surface area contributed by atoms with Gasteiger partial charge in [-0.1, -0.05) is 25.4 Å². The third kappa shape index (κ3) is 3.93. The van der Waals surface area contributed by atoms with Crippen LogP contribution in [-0.4, -0.2) is 41.9 Å². The number of aryl methyl sites for hydroxylation is 1. The molecule has 1 heterocycles. The predicted molar refractivity (Wildman–Crippen MR) is 91.1 cm³/mol. The molecule has 1 saturated heterocycles. The van der Waals surface area contributed by atoms with E-state index < -0.39 is 4.92 Å². The molecule has 23 heavy (non-hydrogen) atoms. The summed E-state index contributed by atoms with van der Waals surface area (Å²) in [6.07, 6.45) is 0.852. The van der Waals surface area contributed by atoms with Gasteiger partial charge in [0.1, 0.15) is 0 Å². The molecule has 0 saturated carbocycles. The van der Waals surface area contributed by atoms with E-state index in [1.165, 1.54) is 6.07 Å². The number of carbonyl (C=O) groups is 1. The van der Waals surface area contributed by atoms with Gasteiger partial charge in [-0.25, -0.2) is 0 Å². The SMILES string of the molecule is Cc1cc([N+](=O)[O-])cc(Cl)c1N1CCCN(C(=O)C(C)C)CC1. The number of hydrogen-bond donors (Lipinski definition) is 0. The zero-order valence-corrected chi connectivity index (χ0v) is 14.5. The zero-order valence-electron chi connectivity index (χ0n) is 13.7. The maximum absolute atomic E-state index is 12.2. The van der Waals surface area contributed by atoms with Gasteiger partial charge in [0.15, 0.2) is 0 Å². The molecule has 0 unspecified atom stereocenters. The Balaban J connectivity index is 2.20. The standard InChI is InChI=1S/C16H22ClN3O3/c1-11(2)16(21)19-6-4-5-18(7-8-19)15-12(3)9-13(20(22)23)10-14(15)17/h9-11H,4-8H2,1-3H3. The maximum atomic E-state index is 12.2. The molecule has 0 aromatic heterocycles. The molecule has 0 atom stereocenters. The summed E-state index contributed by atoms with van der Waals surface area (Å²) in [6, 6.07) is 2.94. The molecule has 0 aliphatic carbocycles. The van der Waals surface area contributed by atoms with E-state index in [0.717, 1.165) is 30.8 Å². The van der Waals surface area contributed by atoms with Crippen LogP contribution in [0.25, 0.3) is 0 Å². The fourth-order valence-electron chi connectivity index (χ4n) is 2.95. The minimum Gasteiger partial charge on any atom is -0.368 e. The molecule has 1 aliphatic rings. The monoisotopic (exact) mass is 339 g/mol. The second kappa shape index (κ2) is 7.17. The third-order valence-corrected chi connectivity index (χ3v) is 4.36. The van der Waals surface area contributed by atoms with E-state index in [9.17, 15) is 14.9 Å². The fourth-order valence-corrected chi connectivity index (χ4v) is 3.33. The van der Waals surface area contributed by atoms with Gasteiger partial charge in [-0.15, -0.1) is 0 Å². The highest BCUT2D eigenvalue weighted by molar-refractivity contribution is 6.33. The first-order valence-electron chi connectivity index (χ1n) is 7.79. The van der Waals surface area contributed by atoms with Gasteiger partial charge in [0.05, 0.1) is 15.6 Å². The number of non-ortho nitro benzene ring substituents is 1. The van der Waals surface area contributed by atoms with Gasteiger partial charge in [-0.2, -0.15) is 0 Å². The Bertz CT molecular complexity index is 596. The average Bonchev–Trinajstić information content (AvgIpc) is 2.71. The van der Waals surface area contributed by atoms with Crippen LogP contribution in [0.4, 0.5) is 11.4 Å². The van der Waals surface area contributed by atoms with Gasteiger partial charge in [-0.3, -0.25) is 14.9 Å². The number of halogens is 1. The topological polar surface area (TPSA) is 66.7 Å². The van der Waals surface area contributed by atoms with E-state index in [1.54, 1.807) is 6.07 Å². The Morgan fingerprint density at radius 1 is 1.26 bits per heavy atom. The number of nitrogens with zero attached hydrogens (tertiary/aromatic N) is 3. The van der Waals surface area contributed by atoms with E-state index in [-0.39, 0.29) is 17.5 Å². The summed E-state index contributed by atoms with van der Waals surface area (Å²) >= 11 is 6.29. The van der Waals surface area contributed by atoms with Crippen LogP contribution in [0.2, 0.25) is 5.02 Å². The Kier molecular flexibility index (Phi) is 5.46. The number of hydrogen-bond acceptors (Lipinski definition) is 4. The van der Waals surface area contributed by atoms with Gasteiger partial charge >= 0.3 is 0 Å². The highest BCUT2D eigenvalue weighted by atomic mass is 35.5. The molecule has 1 amide bonds. The van der Waals surface area contributed by atoms with Crippen molar-refractivity contribution in [2.24, 2.45) is 5.92 Å². The highest BCUT2D eigenvalue weighted by Crippen LogP contribution is 2.34. The van der Waals surface area contributed by atoms with Gasteiger partial charge < -0.3 is 9.80 Å². The lowest BCUT2D eigenvalue weighted by molar-refractivity contribution is -0.384. The Labute approximate surface area is 141 Å². The van der Waals surface area contributed by atoms with Crippen LogP contribution in [0.1, 0.15) is 25.8 Å². The molecule has 1 aromatic rings. The molecule has 0 N–H and O–H groups in total. The van der Waals surface area contributed by atoms with Gasteiger partial charge in [0, 0.05) is 44.2 Å². The van der Waals surface area contributed by atoms with Gasteiger partial charge in [0.2, 0.25) is 5.91 Å². The van der Waals surface area contributed by atoms with Crippen molar-refractivity contribution in [1.29, 1.82) is 0 Å². The minimum atomic E-state index is -0.436. The van der Waals surface area contributed by atoms with Crippen molar-refractivity contribution in [2.45, 2.75) is 27.2 Å². The van der Waals surface area contributed by atoms with Crippen LogP contribution in [0.3, 0.4) is 0 Å². The molecule has 6 nitrogen and oxygen atoms in total. The number of anilines is 1. The van der Waals surface area contributed by atoms with Crippen molar-refractivity contribution in [3.05, 3.63) is 32.8 Å². The molecule has 7 heteroatoms. The van der Waals surface area contributed by atoms with Crippen molar-refractivity contribution in [3.8, 4) is 0 Å². The number of nitro benzene ring substituents is 1. The number of nitro groups is 1. The lowest BCUT2D eigenvalue weighted by Crippen LogP contribution is -2.37. The molecule has 126 valence electrons. The van der Waals surface area contributed by atoms with Crippen molar-refractivity contribution < 1.29 is 9.72 Å². The first-order valence-corrected chi connectivity index (χ1v) is 8.17. The fraction of sp³-hybridized carbons (Fsp3) is 0.562. The van der Waals surface area contributed by atoms with Crippen molar-refractivity contribution in [1.82, 2.24) is 4.90 Å². The van der Waals surface area contributed by atoms with Crippen LogP contribution >= 0.6 is 11.6 Å². The maximum Gasteiger partial charge on any atom is 0.271 e. The lowest BCUT2D eigenvalue weighted by Gasteiger charge is -2.26. The Hall–Kier alpha value is -1.82. The van der Waals surface area contributed by atoms with E-state index in [1.807, 2.05) is 25.7 Å². The summed E-state index contributed by atoms with van der Waals surface area (Å²) in [5, 5.41) is 11.3. The number of rotatable bonds is 3. The van der Waals surface area contributed by atoms with Crippen molar-refractivity contribution in [2.75, 3.05) is 31.1 Å². The minimum absolute atomic E-state index is 0.00249. The number of carbonyl (C=O) groups excluding carboxylic acids is 1. The Morgan fingerprint density at radius 2 is 1.96 bits per heavy atom. The second-order valence-corrected chi connectivity index (χ2v) is 6.58. The average molecular weight is 340 g/mol. The van der Waals surface area contributed by atoms with Crippen molar-refractivity contribution >= 4 is 28.9 Å². The molecular formula is C16H22ClN3O3. The summed E-state index contributed by atoms with van der Waals surface area (Å²) in [7, 11) is 0. The van der Waals surface area contributed by atoms with Crippen molar-refractivity contribution in [3.63, 3.8) is 0 Å². The molecule has 0 spiro atoms. The Morgan fingerprint density at radius 3 is 2.52 bits per heavy atom. The first kappa shape index (κ1) is 17.5. The molecule has 2 rings (SSSR count). The third-order valence-electron chi connectivity index (χ3n) is 4.07. The normalized spacial score (nSPS) is 15.7. The van der Waals surface area contributed by atoms with E-state index >= 15 is 0 Å². The molecule has 1 aliphatic heterocycles. The summed E-state index contributed by atoms with van der Waals surface area (Å²) in [5.74, 6) is 0.157. The van der Waals surface area contributed by atoms with Crippen LogP contribution in [0.5, 0.6) is 0 Å². The summed E-state index contributed by atoms with van der Waals surface area (Å²) in [6.45, 7) is 8.47. The summed E-state index contributed by atoms with van der Waals surface area (Å²) in [5.41, 5.74) is 1.62. The quantitative estimate of drug-likeness (QED) is 0.626. The van der Waals surface area contributed by atoms with Gasteiger partial charge in [0.25, 0.3) is 5.69 Å². The molecule has 1 fully saturated rings. The molecule has 1 aromatic carbocycles. The van der Waals surface area contributed by atoms with E-state index in [4.69, 9.17) is 11.6 Å². The second-order valence-electron chi connectivity index (χ2n) is 6.17.